The van der Waals surface area contributed by atoms with Gasteiger partial charge < -0.3 is 4.74 Å². The maximum Gasteiger partial charge on any atom is 0.330 e. The average molecular weight is 236 g/mol. The fraction of sp³-hybridized carbons (Fsp3) is 0.182. The monoisotopic (exact) mass is 236 g/mol. The number of ether oxygens (including phenoxy) is 1. The smallest absolute Gasteiger partial charge is 0.330 e. The largest absolute Gasteiger partial charge is 0.463 e. The van der Waals surface area contributed by atoms with Crippen LogP contribution in [0.5, 0.6) is 0 Å². The topological polar surface area (TPSA) is 65.2 Å². The molecule has 6 heteroatoms. The van der Waals surface area contributed by atoms with Crippen molar-refractivity contribution >= 4 is 23.1 Å². The Balaban J connectivity index is 2.27. The van der Waals surface area contributed by atoms with Crippen LogP contribution in [0.25, 0.3) is 17.1 Å². The summed E-state index contributed by atoms with van der Waals surface area (Å²) in [7, 11) is 0. The zero-order chi connectivity index (χ0) is 12.3. The van der Waals surface area contributed by atoms with Gasteiger partial charge in [-0.05, 0) is 41.0 Å². The molecule has 5 nitrogen and oxygen atoms in total. The van der Waals surface area contributed by atoms with Crippen molar-refractivity contribution in [2.45, 2.75) is 6.92 Å². The zero-order valence-electron chi connectivity index (χ0n) is 9.01. The molecule has 2 rings (SSSR count). The van der Waals surface area contributed by atoms with E-state index in [9.17, 15) is 9.18 Å². The van der Waals surface area contributed by atoms with Crippen molar-refractivity contribution in [3.05, 3.63) is 29.6 Å². The summed E-state index contributed by atoms with van der Waals surface area (Å²) in [5.41, 5.74) is 0.852. The molecule has 0 spiro atoms. The Morgan fingerprint density at radius 1 is 1.53 bits per heavy atom. The molecular weight excluding hydrogens is 227 g/mol. The third-order valence-electron chi connectivity index (χ3n) is 2.04. The minimum Gasteiger partial charge on any atom is -0.463 e. The Hall–Kier alpha value is -2.24. The number of hydrogen-bond donors (Lipinski definition) is 0. The van der Waals surface area contributed by atoms with Gasteiger partial charge in [0.05, 0.1) is 6.61 Å². The average Bonchev–Trinajstić information content (AvgIpc) is 2.75. The van der Waals surface area contributed by atoms with Gasteiger partial charge in [-0.3, -0.25) is 0 Å². The molecule has 17 heavy (non-hydrogen) atoms. The summed E-state index contributed by atoms with van der Waals surface area (Å²) in [4.78, 5) is 11.1. The van der Waals surface area contributed by atoms with E-state index in [0.29, 0.717) is 17.7 Å². The van der Waals surface area contributed by atoms with Gasteiger partial charge in [0.25, 0.3) is 0 Å². The van der Waals surface area contributed by atoms with Gasteiger partial charge in [0.15, 0.2) is 11.3 Å². The molecule has 0 atom stereocenters. The normalized spacial score (nSPS) is 11.2. The number of carbonyl (C=O) groups is 1. The quantitative estimate of drug-likeness (QED) is 0.601. The molecule has 0 aliphatic carbocycles. The van der Waals surface area contributed by atoms with Crippen LogP contribution in [-0.2, 0) is 9.53 Å². The highest BCUT2D eigenvalue weighted by molar-refractivity contribution is 5.88. The number of hydrogen-bond acceptors (Lipinski definition) is 5. The fourth-order valence-corrected chi connectivity index (χ4v) is 1.32. The summed E-state index contributed by atoms with van der Waals surface area (Å²) in [5.74, 6) is -1.03. The molecule has 2 aromatic rings. The Labute approximate surface area is 95.8 Å². The van der Waals surface area contributed by atoms with Gasteiger partial charge in [0.2, 0.25) is 0 Å². The van der Waals surface area contributed by atoms with Crippen LogP contribution < -0.4 is 0 Å². The Kier molecular flexibility index (Phi) is 3.13. The van der Waals surface area contributed by atoms with Crippen molar-refractivity contribution in [1.82, 2.24) is 10.3 Å². The summed E-state index contributed by atoms with van der Waals surface area (Å²) in [6, 6.07) is 2.80. The molecule has 1 aromatic heterocycles. The Morgan fingerprint density at radius 2 is 2.35 bits per heavy atom. The van der Waals surface area contributed by atoms with E-state index in [2.05, 4.69) is 14.9 Å². The maximum atomic E-state index is 13.4. The Bertz CT molecular complexity index is 577. The SMILES string of the molecule is CCOC(=O)/C=C/c1cc(F)c2nonc2c1. The van der Waals surface area contributed by atoms with Gasteiger partial charge in [0.1, 0.15) is 5.52 Å². The number of halogens is 1. The second-order valence-electron chi connectivity index (χ2n) is 3.22. The summed E-state index contributed by atoms with van der Waals surface area (Å²) in [6.45, 7) is 2.00. The van der Waals surface area contributed by atoms with Crippen LogP contribution >= 0.6 is 0 Å². The zero-order valence-corrected chi connectivity index (χ0v) is 9.01. The summed E-state index contributed by atoms with van der Waals surface area (Å²) in [5, 5.41) is 6.93. The molecule has 0 aliphatic heterocycles. The molecule has 1 heterocycles. The fourth-order valence-electron chi connectivity index (χ4n) is 1.32. The van der Waals surface area contributed by atoms with E-state index in [-0.39, 0.29) is 5.52 Å². The summed E-state index contributed by atoms with van der Waals surface area (Å²) < 4.78 is 22.5. The predicted octanol–water partition coefficient (Wildman–Crippen LogP) is 1.94. The van der Waals surface area contributed by atoms with E-state index in [4.69, 9.17) is 4.74 Å². The minimum absolute atomic E-state index is 0.0679. The number of fused-ring (bicyclic) bond motifs is 1. The highest BCUT2D eigenvalue weighted by Crippen LogP contribution is 2.17. The molecule has 0 radical (unpaired) electrons. The molecule has 0 amide bonds. The van der Waals surface area contributed by atoms with Crippen LogP contribution in [0, 0.1) is 5.82 Å². The van der Waals surface area contributed by atoms with Crippen molar-refractivity contribution in [2.24, 2.45) is 0 Å². The lowest BCUT2D eigenvalue weighted by molar-refractivity contribution is -0.137. The van der Waals surface area contributed by atoms with Crippen LogP contribution in [0.4, 0.5) is 4.39 Å². The molecule has 0 saturated heterocycles. The molecule has 0 aliphatic rings. The third kappa shape index (κ3) is 2.47. The molecule has 0 N–H and O–H groups in total. The predicted molar refractivity (Wildman–Crippen MR) is 57.4 cm³/mol. The van der Waals surface area contributed by atoms with Crippen LogP contribution in [0.15, 0.2) is 22.8 Å². The number of rotatable bonds is 3. The number of benzene rings is 1. The van der Waals surface area contributed by atoms with Gasteiger partial charge in [-0.1, -0.05) is 0 Å². The van der Waals surface area contributed by atoms with E-state index in [1.807, 2.05) is 0 Å². The molecule has 0 unspecified atom stereocenters. The van der Waals surface area contributed by atoms with E-state index in [0.717, 1.165) is 0 Å². The Morgan fingerprint density at radius 3 is 3.12 bits per heavy atom. The van der Waals surface area contributed by atoms with E-state index in [1.54, 1.807) is 13.0 Å². The summed E-state index contributed by atoms with van der Waals surface area (Å²) >= 11 is 0. The lowest BCUT2D eigenvalue weighted by atomic mass is 10.2. The van der Waals surface area contributed by atoms with Crippen LogP contribution in [0.1, 0.15) is 12.5 Å². The first-order valence-electron chi connectivity index (χ1n) is 4.97. The summed E-state index contributed by atoms with van der Waals surface area (Å²) in [6.07, 6.45) is 2.66. The highest BCUT2D eigenvalue weighted by atomic mass is 19.1. The highest BCUT2D eigenvalue weighted by Gasteiger charge is 2.07. The molecule has 0 fully saturated rings. The van der Waals surface area contributed by atoms with E-state index >= 15 is 0 Å². The molecule has 0 bridgehead atoms. The van der Waals surface area contributed by atoms with Gasteiger partial charge in [-0.15, -0.1) is 0 Å². The van der Waals surface area contributed by atoms with Gasteiger partial charge in [-0.2, -0.15) is 0 Å². The first kappa shape index (κ1) is 11.3. The lowest BCUT2D eigenvalue weighted by Gasteiger charge is -1.96. The van der Waals surface area contributed by atoms with E-state index in [1.165, 1.54) is 18.2 Å². The van der Waals surface area contributed by atoms with Gasteiger partial charge in [-0.25, -0.2) is 13.8 Å². The number of carbonyl (C=O) groups excluding carboxylic acids is 1. The first-order chi connectivity index (χ1) is 8.20. The van der Waals surface area contributed by atoms with Crippen molar-refractivity contribution in [1.29, 1.82) is 0 Å². The van der Waals surface area contributed by atoms with Crippen LogP contribution in [0.3, 0.4) is 0 Å². The van der Waals surface area contributed by atoms with Crippen LogP contribution in [0.2, 0.25) is 0 Å². The van der Waals surface area contributed by atoms with Crippen molar-refractivity contribution < 1.29 is 18.6 Å². The van der Waals surface area contributed by atoms with E-state index < -0.39 is 11.8 Å². The molecule has 88 valence electrons. The van der Waals surface area contributed by atoms with Crippen molar-refractivity contribution in [3.8, 4) is 0 Å². The first-order valence-corrected chi connectivity index (χ1v) is 4.97. The van der Waals surface area contributed by atoms with Gasteiger partial charge in [0, 0.05) is 6.08 Å². The maximum absolute atomic E-state index is 13.4. The van der Waals surface area contributed by atoms with Crippen molar-refractivity contribution in [3.63, 3.8) is 0 Å². The number of nitrogens with zero attached hydrogens (tertiary/aromatic N) is 2. The molecule has 0 saturated carbocycles. The molecule has 1 aromatic carbocycles. The van der Waals surface area contributed by atoms with Crippen molar-refractivity contribution in [2.75, 3.05) is 6.61 Å². The third-order valence-corrected chi connectivity index (χ3v) is 2.04. The number of esters is 1. The lowest BCUT2D eigenvalue weighted by Crippen LogP contribution is -1.98. The second kappa shape index (κ2) is 4.73. The second-order valence-corrected chi connectivity index (χ2v) is 3.22. The molecular formula is C11H9FN2O3. The number of aromatic nitrogens is 2. The van der Waals surface area contributed by atoms with Gasteiger partial charge >= 0.3 is 5.97 Å². The minimum atomic E-state index is -0.549. The standard InChI is InChI=1S/C11H9FN2O3/c1-2-16-10(15)4-3-7-5-8(12)11-9(6-7)13-17-14-11/h3-6H,2H2,1H3/b4-3+. The van der Waals surface area contributed by atoms with Crippen LogP contribution in [-0.4, -0.2) is 22.9 Å².